The molecule has 1 saturated heterocycles. The smallest absolute Gasteiger partial charge is 0.228 e. The van der Waals surface area contributed by atoms with Gasteiger partial charge in [-0.25, -0.2) is 17.9 Å². The third-order valence-electron chi connectivity index (χ3n) is 3.91. The maximum atomic E-state index is 12.9. The number of sulfonamides is 1. The quantitative estimate of drug-likeness (QED) is 0.931. The molecule has 2 aromatic carbocycles. The number of carbonyl (C=O) groups excluding carboxylic acids is 1. The number of benzene rings is 2. The summed E-state index contributed by atoms with van der Waals surface area (Å²) < 4.78 is 35.7. The first-order valence-electron chi connectivity index (χ1n) is 7.02. The summed E-state index contributed by atoms with van der Waals surface area (Å²) >= 11 is 0. The number of nitrogens with zero attached hydrogens (tertiary/aromatic N) is 1. The van der Waals surface area contributed by atoms with Crippen molar-refractivity contribution in [2.24, 2.45) is 5.14 Å². The molecule has 1 amide bonds. The summed E-state index contributed by atoms with van der Waals surface area (Å²) in [5, 5.41) is 4.25. The van der Waals surface area contributed by atoms with Gasteiger partial charge in [0.25, 0.3) is 0 Å². The zero-order valence-corrected chi connectivity index (χ0v) is 13.0. The van der Waals surface area contributed by atoms with Crippen LogP contribution in [0.15, 0.2) is 48.5 Å². The van der Waals surface area contributed by atoms with Crippen LogP contribution in [0.1, 0.15) is 6.42 Å². The maximum absolute atomic E-state index is 12.9. The van der Waals surface area contributed by atoms with Crippen LogP contribution in [0.5, 0.6) is 0 Å². The molecule has 5 nitrogen and oxygen atoms in total. The van der Waals surface area contributed by atoms with Crippen molar-refractivity contribution in [1.29, 1.82) is 0 Å². The fourth-order valence-electron chi connectivity index (χ4n) is 2.62. The van der Waals surface area contributed by atoms with Crippen molar-refractivity contribution < 1.29 is 17.6 Å². The topological polar surface area (TPSA) is 80.5 Å². The Morgan fingerprint density at radius 3 is 2.00 bits per heavy atom. The van der Waals surface area contributed by atoms with E-state index in [9.17, 15) is 17.6 Å². The van der Waals surface area contributed by atoms with Gasteiger partial charge < -0.3 is 4.90 Å². The molecule has 0 saturated carbocycles. The predicted molar refractivity (Wildman–Crippen MR) is 85.7 cm³/mol. The zero-order valence-electron chi connectivity index (χ0n) is 12.1. The highest BCUT2D eigenvalue weighted by Crippen LogP contribution is 2.27. The second-order valence-electron chi connectivity index (χ2n) is 5.47. The van der Waals surface area contributed by atoms with Gasteiger partial charge in [-0.1, -0.05) is 24.3 Å². The van der Waals surface area contributed by atoms with Crippen molar-refractivity contribution in [3.63, 3.8) is 0 Å². The maximum Gasteiger partial charge on any atom is 0.228 e. The molecule has 0 aliphatic carbocycles. The zero-order chi connectivity index (χ0) is 16.6. The molecule has 0 radical (unpaired) electrons. The van der Waals surface area contributed by atoms with E-state index in [1.54, 1.807) is 36.4 Å². The summed E-state index contributed by atoms with van der Waals surface area (Å²) in [6.07, 6.45) is -0.0987. The van der Waals surface area contributed by atoms with Crippen LogP contribution < -0.4 is 10.0 Å². The summed E-state index contributed by atoms with van der Waals surface area (Å²) in [5.41, 5.74) is 2.35. The monoisotopic (exact) mass is 334 g/mol. The molecule has 1 atom stereocenters. The largest absolute Gasteiger partial charge is 0.311 e. The standard InChI is InChI=1S/C16H15FN2O3S/c17-13-5-1-11(2-6-13)12-3-7-14(8-4-12)19-10-15(9-16(19)20)23(18,21)22/h1-8,15H,9-10H2,(H2,18,21,22). The summed E-state index contributed by atoms with van der Waals surface area (Å²) in [7, 11) is -3.73. The Morgan fingerprint density at radius 2 is 1.52 bits per heavy atom. The molecule has 0 spiro atoms. The average Bonchev–Trinajstić information content (AvgIpc) is 2.90. The molecule has 2 N–H and O–H groups in total. The molecule has 23 heavy (non-hydrogen) atoms. The normalized spacial score (nSPS) is 18.4. The molecule has 1 fully saturated rings. The number of carbonyl (C=O) groups is 1. The van der Waals surface area contributed by atoms with Crippen LogP contribution in [0.3, 0.4) is 0 Å². The summed E-state index contributed by atoms with van der Waals surface area (Å²) in [4.78, 5) is 13.4. The lowest BCUT2D eigenvalue weighted by Crippen LogP contribution is -2.32. The van der Waals surface area contributed by atoms with Gasteiger partial charge in [0.1, 0.15) is 11.1 Å². The molecule has 120 valence electrons. The van der Waals surface area contributed by atoms with E-state index >= 15 is 0 Å². The van der Waals surface area contributed by atoms with Crippen molar-refractivity contribution in [3.8, 4) is 11.1 Å². The van der Waals surface area contributed by atoms with Crippen molar-refractivity contribution in [1.82, 2.24) is 0 Å². The molecular formula is C16H15FN2O3S. The fourth-order valence-corrected chi connectivity index (χ4v) is 3.35. The van der Waals surface area contributed by atoms with Gasteiger partial charge >= 0.3 is 0 Å². The van der Waals surface area contributed by atoms with Gasteiger partial charge in [0, 0.05) is 18.7 Å². The Morgan fingerprint density at radius 1 is 1.00 bits per heavy atom. The molecule has 0 bridgehead atoms. The minimum atomic E-state index is -3.73. The number of hydrogen-bond acceptors (Lipinski definition) is 3. The SMILES string of the molecule is NS(=O)(=O)C1CC(=O)N(c2ccc(-c3ccc(F)cc3)cc2)C1. The van der Waals surface area contributed by atoms with E-state index in [0.29, 0.717) is 5.69 Å². The van der Waals surface area contributed by atoms with Crippen LogP contribution in [-0.2, 0) is 14.8 Å². The van der Waals surface area contributed by atoms with Gasteiger partial charge in [0.15, 0.2) is 0 Å². The van der Waals surface area contributed by atoms with Gasteiger partial charge in [-0.05, 0) is 35.4 Å². The molecule has 7 heteroatoms. The Labute approximate surface area is 133 Å². The number of hydrogen-bond donors (Lipinski definition) is 1. The van der Waals surface area contributed by atoms with Crippen LogP contribution in [0.4, 0.5) is 10.1 Å². The van der Waals surface area contributed by atoms with Gasteiger partial charge in [-0.3, -0.25) is 4.79 Å². The van der Waals surface area contributed by atoms with Crippen LogP contribution in [-0.4, -0.2) is 26.1 Å². The summed E-state index contributed by atoms with van der Waals surface area (Å²) in [6, 6.07) is 13.2. The summed E-state index contributed by atoms with van der Waals surface area (Å²) in [6.45, 7) is 0.0631. The molecule has 1 unspecified atom stereocenters. The van der Waals surface area contributed by atoms with Gasteiger partial charge in [-0.15, -0.1) is 0 Å². The van der Waals surface area contributed by atoms with E-state index in [-0.39, 0.29) is 24.7 Å². The molecular weight excluding hydrogens is 319 g/mol. The highest BCUT2D eigenvalue weighted by atomic mass is 32.2. The molecule has 1 aliphatic heterocycles. The Bertz CT molecular complexity index is 833. The minimum Gasteiger partial charge on any atom is -0.311 e. The number of nitrogens with two attached hydrogens (primary N) is 1. The first-order valence-corrected chi connectivity index (χ1v) is 8.63. The second kappa shape index (κ2) is 5.75. The fraction of sp³-hybridized carbons (Fsp3) is 0.188. The summed E-state index contributed by atoms with van der Waals surface area (Å²) in [5.74, 6) is -0.569. The van der Waals surface area contributed by atoms with E-state index in [1.165, 1.54) is 17.0 Å². The van der Waals surface area contributed by atoms with Gasteiger partial charge in [0.2, 0.25) is 15.9 Å². The minimum absolute atomic E-state index is 0.0631. The first kappa shape index (κ1) is 15.6. The molecule has 3 rings (SSSR count). The van der Waals surface area contributed by atoms with Crippen molar-refractivity contribution in [2.75, 3.05) is 11.4 Å². The number of anilines is 1. The number of primary sulfonamides is 1. The van der Waals surface area contributed by atoms with Crippen molar-refractivity contribution in [2.45, 2.75) is 11.7 Å². The third kappa shape index (κ3) is 3.25. The molecule has 1 aliphatic rings. The number of halogens is 1. The van der Waals surface area contributed by atoms with Crippen LogP contribution in [0.2, 0.25) is 0 Å². The highest BCUT2D eigenvalue weighted by molar-refractivity contribution is 7.89. The van der Waals surface area contributed by atoms with E-state index in [1.807, 2.05) is 0 Å². The van der Waals surface area contributed by atoms with Crippen molar-refractivity contribution in [3.05, 3.63) is 54.3 Å². The van der Waals surface area contributed by atoms with Gasteiger partial charge in [-0.2, -0.15) is 0 Å². The first-order chi connectivity index (χ1) is 10.8. The third-order valence-corrected chi connectivity index (χ3v) is 5.16. The molecule has 1 heterocycles. The number of rotatable bonds is 3. The number of amides is 1. The van der Waals surface area contributed by atoms with Gasteiger partial charge in [0.05, 0.1) is 0 Å². The molecule has 2 aromatic rings. The van der Waals surface area contributed by atoms with Crippen LogP contribution in [0, 0.1) is 5.82 Å². The van der Waals surface area contributed by atoms with E-state index < -0.39 is 15.3 Å². The lowest BCUT2D eigenvalue weighted by Gasteiger charge is -2.16. The van der Waals surface area contributed by atoms with E-state index in [0.717, 1.165) is 11.1 Å². The van der Waals surface area contributed by atoms with E-state index in [4.69, 9.17) is 5.14 Å². The lowest BCUT2D eigenvalue weighted by atomic mass is 10.1. The second-order valence-corrected chi connectivity index (χ2v) is 7.32. The van der Waals surface area contributed by atoms with E-state index in [2.05, 4.69) is 0 Å². The molecule has 0 aromatic heterocycles. The Hall–Kier alpha value is -2.25. The van der Waals surface area contributed by atoms with Crippen LogP contribution >= 0.6 is 0 Å². The van der Waals surface area contributed by atoms with Crippen molar-refractivity contribution >= 4 is 21.6 Å². The highest BCUT2D eigenvalue weighted by Gasteiger charge is 2.37. The average molecular weight is 334 g/mol. The Balaban J connectivity index is 1.83. The lowest BCUT2D eigenvalue weighted by molar-refractivity contribution is -0.117. The Kier molecular flexibility index (Phi) is 3.91. The predicted octanol–water partition coefficient (Wildman–Crippen LogP) is 1.89. The van der Waals surface area contributed by atoms with Crippen LogP contribution in [0.25, 0.3) is 11.1 Å².